The number of ether oxygens (including phenoxy) is 3. The predicted molar refractivity (Wildman–Crippen MR) is 114 cm³/mol. The van der Waals surface area contributed by atoms with Crippen LogP contribution in [0.5, 0.6) is 17.2 Å². The van der Waals surface area contributed by atoms with E-state index in [0.717, 1.165) is 56.9 Å². The van der Waals surface area contributed by atoms with Gasteiger partial charge in [-0.1, -0.05) is 50.2 Å². The van der Waals surface area contributed by atoms with Gasteiger partial charge >= 0.3 is 0 Å². The quantitative estimate of drug-likeness (QED) is 0.525. The van der Waals surface area contributed by atoms with E-state index in [-0.39, 0.29) is 23.9 Å². The Bertz CT molecular complexity index is 1250. The number of hydrogen-bond donors (Lipinski definition) is 0. The highest BCUT2D eigenvalue weighted by molar-refractivity contribution is 6.02. The van der Waals surface area contributed by atoms with E-state index in [2.05, 4.69) is 32.0 Å². The maximum Gasteiger partial charge on any atom is 0.231 e. The van der Waals surface area contributed by atoms with Crippen molar-refractivity contribution in [3.8, 4) is 17.2 Å². The molecule has 0 radical (unpaired) electrons. The molecule has 4 nitrogen and oxygen atoms in total. The van der Waals surface area contributed by atoms with E-state index in [1.54, 1.807) is 0 Å². The molecule has 1 aliphatic carbocycles. The van der Waals surface area contributed by atoms with Gasteiger partial charge in [0.25, 0.3) is 0 Å². The van der Waals surface area contributed by atoms with E-state index in [1.807, 2.05) is 36.4 Å². The Labute approximate surface area is 175 Å². The molecule has 2 heterocycles. The van der Waals surface area contributed by atoms with Gasteiger partial charge in [0.1, 0.15) is 11.5 Å². The summed E-state index contributed by atoms with van der Waals surface area (Å²) in [7, 11) is 0. The molecule has 2 aliphatic heterocycles. The number of carbonyl (C=O) groups is 1. The van der Waals surface area contributed by atoms with E-state index in [0.29, 0.717) is 6.42 Å². The summed E-state index contributed by atoms with van der Waals surface area (Å²) in [6.45, 7) is 4.49. The summed E-state index contributed by atoms with van der Waals surface area (Å²) in [5.74, 6) is 3.10. The maximum absolute atomic E-state index is 13.4. The lowest BCUT2D eigenvalue weighted by atomic mass is 9.69. The minimum atomic E-state index is -0.187. The lowest BCUT2D eigenvalue weighted by Gasteiger charge is -2.38. The largest absolute Gasteiger partial charge is 0.461 e. The van der Waals surface area contributed by atoms with Crippen LogP contribution in [0.1, 0.15) is 43.7 Å². The first-order valence-corrected chi connectivity index (χ1v) is 10.4. The van der Waals surface area contributed by atoms with Gasteiger partial charge < -0.3 is 14.2 Å². The average molecular weight is 398 g/mol. The van der Waals surface area contributed by atoms with Gasteiger partial charge in [0.2, 0.25) is 6.79 Å². The lowest BCUT2D eigenvalue weighted by Crippen LogP contribution is -2.33. The predicted octanol–water partition coefficient (Wildman–Crippen LogP) is 5.74. The molecule has 0 amide bonds. The van der Waals surface area contributed by atoms with Gasteiger partial charge in [-0.2, -0.15) is 0 Å². The number of allylic oxidation sites excluding steroid dienone is 2. The molecule has 1 unspecified atom stereocenters. The Morgan fingerprint density at radius 2 is 1.70 bits per heavy atom. The zero-order valence-electron chi connectivity index (χ0n) is 17.0. The molecule has 150 valence electrons. The number of carbonyl (C=O) groups excluding carboxylic acids is 1. The second-order valence-corrected chi connectivity index (χ2v) is 9.12. The smallest absolute Gasteiger partial charge is 0.231 e. The molecule has 1 atom stereocenters. The lowest BCUT2D eigenvalue weighted by molar-refractivity contribution is -0.118. The van der Waals surface area contributed by atoms with Crippen molar-refractivity contribution >= 4 is 16.6 Å². The number of ketones is 1. The Hall–Kier alpha value is -3.27. The van der Waals surface area contributed by atoms with Crippen LogP contribution in [0.15, 0.2) is 65.9 Å². The number of rotatable bonds is 1. The molecule has 0 fully saturated rings. The van der Waals surface area contributed by atoms with Crippen LogP contribution in [0.25, 0.3) is 10.8 Å². The van der Waals surface area contributed by atoms with Crippen LogP contribution < -0.4 is 14.2 Å². The van der Waals surface area contributed by atoms with E-state index < -0.39 is 0 Å². The van der Waals surface area contributed by atoms with Crippen molar-refractivity contribution in [2.24, 2.45) is 5.41 Å². The Kier molecular flexibility index (Phi) is 3.58. The average Bonchev–Trinajstić information content (AvgIpc) is 3.19. The standard InChI is InChI=1S/C26H22O4/c1-26(2)12-18(27)25-22(13-26)30-20-10-7-15-5-3-4-6-17(15)24(20)23(25)16-8-9-19-21(11-16)29-14-28-19/h3-11,23H,12-14H2,1-2H3. The molecule has 0 N–H and O–H groups in total. The fraction of sp³-hybridized carbons (Fsp3) is 0.269. The van der Waals surface area contributed by atoms with Crippen LogP contribution in [-0.2, 0) is 4.79 Å². The third-order valence-corrected chi connectivity index (χ3v) is 6.35. The van der Waals surface area contributed by atoms with E-state index in [4.69, 9.17) is 14.2 Å². The summed E-state index contributed by atoms with van der Waals surface area (Å²) in [5.41, 5.74) is 2.76. The minimum absolute atomic E-state index is 0.107. The van der Waals surface area contributed by atoms with Crippen LogP contribution in [0, 0.1) is 5.41 Å². The zero-order valence-corrected chi connectivity index (χ0v) is 17.0. The minimum Gasteiger partial charge on any atom is -0.461 e. The Morgan fingerprint density at radius 1 is 0.900 bits per heavy atom. The van der Waals surface area contributed by atoms with E-state index in [1.165, 1.54) is 0 Å². The van der Waals surface area contributed by atoms with Gasteiger partial charge in [0, 0.05) is 29.9 Å². The van der Waals surface area contributed by atoms with Gasteiger partial charge in [-0.25, -0.2) is 0 Å². The highest BCUT2D eigenvalue weighted by Crippen LogP contribution is 2.52. The number of Topliss-reactive ketones (excluding diaryl/α,β-unsaturated/α-hetero) is 1. The first-order chi connectivity index (χ1) is 14.5. The highest BCUT2D eigenvalue weighted by Gasteiger charge is 2.42. The molecule has 0 bridgehead atoms. The summed E-state index contributed by atoms with van der Waals surface area (Å²) in [5, 5.41) is 2.25. The zero-order chi connectivity index (χ0) is 20.5. The normalized spacial score (nSPS) is 21.3. The second-order valence-electron chi connectivity index (χ2n) is 9.12. The van der Waals surface area contributed by atoms with E-state index in [9.17, 15) is 4.79 Å². The van der Waals surface area contributed by atoms with Gasteiger partial charge in [0.15, 0.2) is 17.3 Å². The molecule has 6 rings (SSSR count). The van der Waals surface area contributed by atoms with Crippen molar-refractivity contribution in [1.29, 1.82) is 0 Å². The highest BCUT2D eigenvalue weighted by atomic mass is 16.7. The molecule has 4 heteroatoms. The van der Waals surface area contributed by atoms with Crippen molar-refractivity contribution in [1.82, 2.24) is 0 Å². The van der Waals surface area contributed by atoms with Crippen molar-refractivity contribution in [2.45, 2.75) is 32.6 Å². The summed E-state index contributed by atoms with van der Waals surface area (Å²) >= 11 is 0. The summed E-state index contributed by atoms with van der Waals surface area (Å²) < 4.78 is 17.6. The first-order valence-electron chi connectivity index (χ1n) is 10.4. The molecule has 3 aromatic carbocycles. The molecule has 30 heavy (non-hydrogen) atoms. The summed E-state index contributed by atoms with van der Waals surface area (Å²) in [6, 6.07) is 18.4. The van der Waals surface area contributed by atoms with E-state index >= 15 is 0 Å². The molecular weight excluding hydrogens is 376 g/mol. The first kappa shape index (κ1) is 17.6. The van der Waals surface area contributed by atoms with Crippen molar-refractivity contribution in [2.75, 3.05) is 6.79 Å². The fourth-order valence-corrected chi connectivity index (χ4v) is 5.06. The van der Waals surface area contributed by atoms with Crippen LogP contribution >= 0.6 is 0 Å². The van der Waals surface area contributed by atoms with Crippen LogP contribution in [-0.4, -0.2) is 12.6 Å². The molecule has 0 saturated carbocycles. The third-order valence-electron chi connectivity index (χ3n) is 6.35. The maximum atomic E-state index is 13.4. The van der Waals surface area contributed by atoms with Gasteiger partial charge in [-0.3, -0.25) is 4.79 Å². The van der Waals surface area contributed by atoms with Crippen LogP contribution in [0.4, 0.5) is 0 Å². The second kappa shape index (κ2) is 6.11. The molecular formula is C26H22O4. The SMILES string of the molecule is CC1(C)CC(=O)C2=C(C1)Oc1ccc3ccccc3c1C2c1ccc2c(c1)OCO2. The topological polar surface area (TPSA) is 44.8 Å². The van der Waals surface area contributed by atoms with Crippen molar-refractivity contribution in [3.05, 3.63) is 77.1 Å². The van der Waals surface area contributed by atoms with Gasteiger partial charge in [0.05, 0.1) is 0 Å². The fourth-order valence-electron chi connectivity index (χ4n) is 5.06. The number of benzene rings is 3. The molecule has 0 saturated heterocycles. The molecule has 0 spiro atoms. The summed E-state index contributed by atoms with van der Waals surface area (Å²) in [4.78, 5) is 13.4. The van der Waals surface area contributed by atoms with Crippen molar-refractivity contribution in [3.63, 3.8) is 0 Å². The van der Waals surface area contributed by atoms with Crippen molar-refractivity contribution < 1.29 is 19.0 Å². The van der Waals surface area contributed by atoms with Crippen LogP contribution in [0.3, 0.4) is 0 Å². The third kappa shape index (κ3) is 2.56. The van der Waals surface area contributed by atoms with Gasteiger partial charge in [-0.15, -0.1) is 0 Å². The molecule has 0 aromatic heterocycles. The number of hydrogen-bond acceptors (Lipinski definition) is 4. The molecule has 3 aromatic rings. The van der Waals surface area contributed by atoms with Crippen LogP contribution in [0.2, 0.25) is 0 Å². The Morgan fingerprint density at radius 3 is 2.60 bits per heavy atom. The monoisotopic (exact) mass is 398 g/mol. The number of fused-ring (bicyclic) bond motifs is 4. The van der Waals surface area contributed by atoms with Gasteiger partial charge in [-0.05, 0) is 39.9 Å². The molecule has 3 aliphatic rings. The Balaban J connectivity index is 1.64. The summed E-state index contributed by atoms with van der Waals surface area (Å²) in [6.07, 6.45) is 1.28.